The van der Waals surface area contributed by atoms with Crippen LogP contribution in [0.3, 0.4) is 0 Å². The molecule has 0 N–H and O–H groups in total. The predicted octanol–water partition coefficient (Wildman–Crippen LogP) is 0.348. The van der Waals surface area contributed by atoms with Crippen molar-refractivity contribution in [2.24, 2.45) is 0 Å². The van der Waals surface area contributed by atoms with Gasteiger partial charge < -0.3 is 14.2 Å². The molecule has 0 amide bonds. The van der Waals surface area contributed by atoms with Gasteiger partial charge >= 0.3 is 11.9 Å². The highest BCUT2D eigenvalue weighted by molar-refractivity contribution is 7.99. The fraction of sp³-hybridized carbons (Fsp3) is 0.556. The molecule has 1 aliphatic heterocycles. The molecule has 0 aromatic rings. The Hall–Kier alpha value is -1.01. The zero-order valence-electron chi connectivity index (χ0n) is 8.14. The SMILES string of the molecule is C=CC(=O)OCC(=O)OC1COCCS1. The van der Waals surface area contributed by atoms with Gasteiger partial charge in [0.2, 0.25) is 0 Å². The molecule has 1 saturated heterocycles. The number of rotatable bonds is 4. The molecule has 1 rings (SSSR count). The van der Waals surface area contributed by atoms with Crippen LogP contribution in [0, 0.1) is 0 Å². The molecule has 1 aliphatic rings. The van der Waals surface area contributed by atoms with E-state index < -0.39 is 11.9 Å². The fourth-order valence-corrected chi connectivity index (χ4v) is 1.75. The van der Waals surface area contributed by atoms with Gasteiger partial charge in [-0.2, -0.15) is 0 Å². The van der Waals surface area contributed by atoms with E-state index in [9.17, 15) is 9.59 Å². The van der Waals surface area contributed by atoms with E-state index in [1.54, 1.807) is 0 Å². The van der Waals surface area contributed by atoms with Crippen LogP contribution in [0.25, 0.3) is 0 Å². The number of carbonyl (C=O) groups is 2. The molecular weight excluding hydrogens is 220 g/mol. The first-order valence-electron chi connectivity index (χ1n) is 4.40. The van der Waals surface area contributed by atoms with Crippen LogP contribution in [0.2, 0.25) is 0 Å². The number of carbonyl (C=O) groups excluding carboxylic acids is 2. The van der Waals surface area contributed by atoms with E-state index in [4.69, 9.17) is 9.47 Å². The maximum absolute atomic E-state index is 11.1. The summed E-state index contributed by atoms with van der Waals surface area (Å²) < 4.78 is 14.6. The van der Waals surface area contributed by atoms with Crippen molar-refractivity contribution in [3.63, 3.8) is 0 Å². The Morgan fingerprint density at radius 2 is 2.40 bits per heavy atom. The third-order valence-electron chi connectivity index (χ3n) is 1.55. The molecule has 0 bridgehead atoms. The van der Waals surface area contributed by atoms with Crippen molar-refractivity contribution in [1.29, 1.82) is 0 Å². The van der Waals surface area contributed by atoms with Crippen molar-refractivity contribution < 1.29 is 23.8 Å². The summed E-state index contributed by atoms with van der Waals surface area (Å²) in [4.78, 5) is 21.8. The Kier molecular flexibility index (Phi) is 5.20. The van der Waals surface area contributed by atoms with Crippen LogP contribution in [0.15, 0.2) is 12.7 Å². The minimum atomic E-state index is -0.639. The largest absolute Gasteiger partial charge is 0.451 e. The minimum Gasteiger partial charge on any atom is -0.451 e. The van der Waals surface area contributed by atoms with E-state index in [0.29, 0.717) is 13.2 Å². The van der Waals surface area contributed by atoms with Gasteiger partial charge in [-0.05, 0) is 0 Å². The van der Waals surface area contributed by atoms with E-state index in [1.807, 2.05) is 0 Å². The molecule has 0 aromatic heterocycles. The summed E-state index contributed by atoms with van der Waals surface area (Å²) in [7, 11) is 0. The molecule has 0 spiro atoms. The van der Waals surface area contributed by atoms with Gasteiger partial charge in [0, 0.05) is 11.8 Å². The topological polar surface area (TPSA) is 61.8 Å². The number of esters is 2. The number of ether oxygens (including phenoxy) is 3. The highest BCUT2D eigenvalue weighted by Crippen LogP contribution is 2.17. The smallest absolute Gasteiger partial charge is 0.345 e. The van der Waals surface area contributed by atoms with Gasteiger partial charge in [-0.15, -0.1) is 11.8 Å². The van der Waals surface area contributed by atoms with E-state index in [2.05, 4.69) is 11.3 Å². The maximum Gasteiger partial charge on any atom is 0.345 e. The maximum atomic E-state index is 11.1. The Balaban J connectivity index is 2.17. The number of hydrogen-bond acceptors (Lipinski definition) is 6. The summed E-state index contributed by atoms with van der Waals surface area (Å²) in [5.41, 5.74) is -0.298. The van der Waals surface area contributed by atoms with Gasteiger partial charge in [0.05, 0.1) is 13.2 Å². The van der Waals surface area contributed by atoms with Crippen LogP contribution in [0.5, 0.6) is 0 Å². The van der Waals surface area contributed by atoms with E-state index >= 15 is 0 Å². The Labute approximate surface area is 91.8 Å². The van der Waals surface area contributed by atoms with E-state index in [1.165, 1.54) is 11.8 Å². The summed E-state index contributed by atoms with van der Waals surface area (Å²) in [6.45, 7) is 3.87. The predicted molar refractivity (Wildman–Crippen MR) is 54.3 cm³/mol. The quantitative estimate of drug-likeness (QED) is 0.515. The van der Waals surface area contributed by atoms with E-state index in [0.717, 1.165) is 11.8 Å². The first-order chi connectivity index (χ1) is 7.22. The Bertz CT molecular complexity index is 247. The molecule has 0 saturated carbocycles. The monoisotopic (exact) mass is 232 g/mol. The number of thioether (sulfide) groups is 1. The molecule has 0 radical (unpaired) electrons. The summed E-state index contributed by atoms with van der Waals surface area (Å²) in [6, 6.07) is 0. The molecule has 5 nitrogen and oxygen atoms in total. The summed E-state index contributed by atoms with van der Waals surface area (Å²) in [5, 5.41) is 0. The van der Waals surface area contributed by atoms with Gasteiger partial charge in [-0.1, -0.05) is 6.58 Å². The molecule has 0 aliphatic carbocycles. The van der Waals surface area contributed by atoms with Gasteiger partial charge in [0.25, 0.3) is 0 Å². The van der Waals surface area contributed by atoms with Crippen LogP contribution in [0.4, 0.5) is 0 Å². The second-order valence-electron chi connectivity index (χ2n) is 2.68. The van der Waals surface area contributed by atoms with Crippen LogP contribution in [-0.2, 0) is 23.8 Å². The average molecular weight is 232 g/mol. The fourth-order valence-electron chi connectivity index (χ4n) is 0.904. The second kappa shape index (κ2) is 6.47. The zero-order valence-corrected chi connectivity index (χ0v) is 8.96. The van der Waals surface area contributed by atoms with Crippen molar-refractivity contribution in [3.05, 3.63) is 12.7 Å². The molecule has 1 heterocycles. The average Bonchev–Trinajstić information content (AvgIpc) is 2.27. The van der Waals surface area contributed by atoms with Crippen molar-refractivity contribution in [1.82, 2.24) is 0 Å². The van der Waals surface area contributed by atoms with Gasteiger partial charge in [-0.3, -0.25) is 0 Å². The molecule has 1 unspecified atom stereocenters. The molecule has 84 valence electrons. The van der Waals surface area contributed by atoms with Crippen LogP contribution < -0.4 is 0 Å². The highest BCUT2D eigenvalue weighted by Gasteiger charge is 2.19. The molecule has 1 atom stereocenters. The third kappa shape index (κ3) is 4.85. The third-order valence-corrected chi connectivity index (χ3v) is 2.55. The lowest BCUT2D eigenvalue weighted by molar-refractivity contribution is -0.158. The first-order valence-corrected chi connectivity index (χ1v) is 5.45. The zero-order chi connectivity index (χ0) is 11.1. The van der Waals surface area contributed by atoms with Crippen molar-refractivity contribution in [2.75, 3.05) is 25.6 Å². The summed E-state index contributed by atoms with van der Waals surface area (Å²) in [5.74, 6) is -0.419. The first kappa shape index (κ1) is 12.1. The van der Waals surface area contributed by atoms with Crippen molar-refractivity contribution in [2.45, 2.75) is 5.44 Å². The lowest BCUT2D eigenvalue weighted by Gasteiger charge is -2.21. The van der Waals surface area contributed by atoms with Gasteiger partial charge in [-0.25, -0.2) is 9.59 Å². The lowest BCUT2D eigenvalue weighted by atomic mass is 10.6. The molecular formula is C9H12O5S. The normalized spacial score (nSPS) is 20.4. The van der Waals surface area contributed by atoms with Crippen molar-refractivity contribution >= 4 is 23.7 Å². The summed E-state index contributed by atoms with van der Waals surface area (Å²) in [6.07, 6.45) is 0.992. The molecule has 0 aromatic carbocycles. The summed E-state index contributed by atoms with van der Waals surface area (Å²) >= 11 is 1.50. The minimum absolute atomic E-state index is 0.298. The highest BCUT2D eigenvalue weighted by atomic mass is 32.2. The van der Waals surface area contributed by atoms with Crippen LogP contribution >= 0.6 is 11.8 Å². The van der Waals surface area contributed by atoms with Gasteiger partial charge in [0.1, 0.15) is 0 Å². The standard InChI is InChI=1S/C9H12O5S/c1-2-7(10)13-5-8(11)14-9-6-12-3-4-15-9/h2,9H,1,3-6H2. The lowest BCUT2D eigenvalue weighted by Crippen LogP contribution is -2.28. The van der Waals surface area contributed by atoms with Crippen molar-refractivity contribution in [3.8, 4) is 0 Å². The van der Waals surface area contributed by atoms with Gasteiger partial charge in [0.15, 0.2) is 12.0 Å². The molecule has 6 heteroatoms. The second-order valence-corrected chi connectivity index (χ2v) is 3.94. The molecule has 15 heavy (non-hydrogen) atoms. The van der Waals surface area contributed by atoms with Crippen LogP contribution in [-0.4, -0.2) is 42.9 Å². The van der Waals surface area contributed by atoms with Crippen LogP contribution in [0.1, 0.15) is 0 Å². The molecule has 1 fully saturated rings. The Morgan fingerprint density at radius 3 is 3.00 bits per heavy atom. The Morgan fingerprint density at radius 1 is 1.60 bits per heavy atom. The number of hydrogen-bond donors (Lipinski definition) is 0. The van der Waals surface area contributed by atoms with E-state index in [-0.39, 0.29) is 12.0 Å².